The van der Waals surface area contributed by atoms with E-state index in [1.165, 1.54) is 0 Å². The fraction of sp³-hybridized carbons (Fsp3) is 0.300. The first-order chi connectivity index (χ1) is 7.15. The van der Waals surface area contributed by atoms with Crippen LogP contribution in [0.25, 0.3) is 0 Å². The van der Waals surface area contributed by atoms with Gasteiger partial charge in [-0.05, 0) is 6.07 Å². The topological polar surface area (TPSA) is 98.6 Å². The van der Waals surface area contributed by atoms with Crippen LogP contribution >= 0.6 is 0 Å². The monoisotopic (exact) mass is 210 g/mol. The molecule has 0 bridgehead atoms. The van der Waals surface area contributed by atoms with Gasteiger partial charge in [0.15, 0.2) is 6.61 Å². The lowest BCUT2D eigenvalue weighted by atomic mass is 10.1. The Bertz CT molecular complexity index is 341. The summed E-state index contributed by atoms with van der Waals surface area (Å²) in [4.78, 5) is 10.3. The summed E-state index contributed by atoms with van der Waals surface area (Å²) in [5, 5.41) is 8.48. The Morgan fingerprint density at radius 3 is 2.73 bits per heavy atom. The molecule has 0 saturated carbocycles. The van der Waals surface area contributed by atoms with Crippen LogP contribution in [0, 0.1) is 0 Å². The molecular weight excluding hydrogens is 196 g/mol. The van der Waals surface area contributed by atoms with Gasteiger partial charge in [-0.1, -0.05) is 18.2 Å². The summed E-state index contributed by atoms with van der Waals surface area (Å²) in [5.74, 6) is -0.552. The van der Waals surface area contributed by atoms with Gasteiger partial charge in [-0.25, -0.2) is 4.79 Å². The SMILES string of the molecule is NC[C@H](N)c1ccccc1OCC(=O)O. The molecule has 0 heterocycles. The molecule has 1 aromatic rings. The third-order valence-corrected chi connectivity index (χ3v) is 1.92. The lowest BCUT2D eigenvalue weighted by Crippen LogP contribution is -2.22. The number of carbonyl (C=O) groups is 1. The van der Waals surface area contributed by atoms with Gasteiger partial charge in [-0.3, -0.25) is 0 Å². The first-order valence-corrected chi connectivity index (χ1v) is 4.54. The average molecular weight is 210 g/mol. The second-order valence-corrected chi connectivity index (χ2v) is 3.06. The van der Waals surface area contributed by atoms with E-state index in [2.05, 4.69) is 0 Å². The molecule has 0 saturated heterocycles. The van der Waals surface area contributed by atoms with E-state index in [1.807, 2.05) is 0 Å². The van der Waals surface area contributed by atoms with Gasteiger partial charge in [0, 0.05) is 18.2 Å². The molecule has 1 aromatic carbocycles. The maximum Gasteiger partial charge on any atom is 0.341 e. The third kappa shape index (κ3) is 3.23. The molecule has 0 unspecified atom stereocenters. The first-order valence-electron chi connectivity index (χ1n) is 4.54. The van der Waals surface area contributed by atoms with E-state index >= 15 is 0 Å². The Morgan fingerprint density at radius 1 is 1.47 bits per heavy atom. The standard InChI is InChI=1S/C10H14N2O3/c11-5-8(12)7-3-1-2-4-9(7)15-6-10(13)14/h1-4,8H,5-6,11-12H2,(H,13,14)/t8-/m0/s1. The number of hydrogen-bond donors (Lipinski definition) is 3. The van der Waals surface area contributed by atoms with E-state index in [1.54, 1.807) is 24.3 Å². The second-order valence-electron chi connectivity index (χ2n) is 3.06. The van der Waals surface area contributed by atoms with Crippen molar-refractivity contribution in [2.24, 2.45) is 11.5 Å². The molecule has 5 heteroatoms. The van der Waals surface area contributed by atoms with Crippen LogP contribution in [-0.4, -0.2) is 24.2 Å². The zero-order valence-electron chi connectivity index (χ0n) is 8.22. The predicted molar refractivity (Wildman–Crippen MR) is 55.6 cm³/mol. The van der Waals surface area contributed by atoms with Crippen LogP contribution in [0.15, 0.2) is 24.3 Å². The number of rotatable bonds is 5. The number of aliphatic carboxylic acids is 1. The van der Waals surface area contributed by atoms with E-state index < -0.39 is 5.97 Å². The number of carboxylic acid groups (broad SMARTS) is 1. The normalized spacial score (nSPS) is 12.1. The minimum atomic E-state index is -1.02. The van der Waals surface area contributed by atoms with Crippen molar-refractivity contribution < 1.29 is 14.6 Å². The van der Waals surface area contributed by atoms with E-state index in [-0.39, 0.29) is 19.2 Å². The number of para-hydroxylation sites is 1. The van der Waals surface area contributed by atoms with Gasteiger partial charge in [0.25, 0.3) is 0 Å². The van der Waals surface area contributed by atoms with Crippen molar-refractivity contribution in [1.29, 1.82) is 0 Å². The van der Waals surface area contributed by atoms with Crippen molar-refractivity contribution in [3.05, 3.63) is 29.8 Å². The molecule has 5 nitrogen and oxygen atoms in total. The minimum Gasteiger partial charge on any atom is -0.482 e. The molecule has 0 fully saturated rings. The molecule has 0 aromatic heterocycles. The molecule has 82 valence electrons. The van der Waals surface area contributed by atoms with E-state index in [9.17, 15) is 4.79 Å². The summed E-state index contributed by atoms with van der Waals surface area (Å²) in [6.45, 7) is -0.0955. The Morgan fingerprint density at radius 2 is 2.13 bits per heavy atom. The molecule has 0 aliphatic rings. The molecule has 0 spiro atoms. The summed E-state index contributed by atoms with van der Waals surface area (Å²) >= 11 is 0. The highest BCUT2D eigenvalue weighted by atomic mass is 16.5. The summed E-state index contributed by atoms with van der Waals surface area (Å²) in [6, 6.07) is 6.67. The van der Waals surface area contributed by atoms with Gasteiger partial charge in [-0.2, -0.15) is 0 Å². The van der Waals surface area contributed by atoms with E-state index in [4.69, 9.17) is 21.3 Å². The molecule has 5 N–H and O–H groups in total. The van der Waals surface area contributed by atoms with Gasteiger partial charge in [0.1, 0.15) is 5.75 Å². The molecule has 1 rings (SSSR count). The van der Waals surface area contributed by atoms with Crippen LogP contribution in [0.4, 0.5) is 0 Å². The van der Waals surface area contributed by atoms with Crippen LogP contribution in [0.5, 0.6) is 5.75 Å². The molecular formula is C10H14N2O3. The number of nitrogens with two attached hydrogens (primary N) is 2. The maximum absolute atomic E-state index is 10.3. The van der Waals surface area contributed by atoms with Crippen molar-refractivity contribution in [2.75, 3.05) is 13.2 Å². The molecule has 0 amide bonds. The van der Waals surface area contributed by atoms with Crippen molar-refractivity contribution >= 4 is 5.97 Å². The Kier molecular flexibility index (Phi) is 4.08. The quantitative estimate of drug-likeness (QED) is 0.640. The molecule has 0 aliphatic heterocycles. The van der Waals surface area contributed by atoms with E-state index in [0.29, 0.717) is 5.75 Å². The summed E-state index contributed by atoms with van der Waals surface area (Å²) in [7, 11) is 0. The van der Waals surface area contributed by atoms with Crippen LogP contribution in [0.3, 0.4) is 0 Å². The molecule has 0 aliphatic carbocycles. The van der Waals surface area contributed by atoms with Gasteiger partial charge in [0.2, 0.25) is 0 Å². The lowest BCUT2D eigenvalue weighted by molar-refractivity contribution is -0.139. The average Bonchev–Trinajstić information content (AvgIpc) is 2.25. The fourth-order valence-electron chi connectivity index (χ4n) is 1.18. The van der Waals surface area contributed by atoms with Crippen molar-refractivity contribution in [3.8, 4) is 5.75 Å². The zero-order chi connectivity index (χ0) is 11.3. The Balaban J connectivity index is 2.81. The highest BCUT2D eigenvalue weighted by Crippen LogP contribution is 2.22. The Labute approximate surface area is 87.6 Å². The number of ether oxygens (including phenoxy) is 1. The number of hydrogen-bond acceptors (Lipinski definition) is 4. The minimum absolute atomic E-state index is 0.285. The lowest BCUT2D eigenvalue weighted by Gasteiger charge is -2.14. The molecule has 1 atom stereocenters. The summed E-state index contributed by atoms with van der Waals surface area (Å²) in [6.07, 6.45) is 0. The van der Waals surface area contributed by atoms with E-state index in [0.717, 1.165) is 5.56 Å². The van der Waals surface area contributed by atoms with Crippen LogP contribution in [0.2, 0.25) is 0 Å². The van der Waals surface area contributed by atoms with Gasteiger partial charge >= 0.3 is 5.97 Å². The Hall–Kier alpha value is -1.59. The number of carboxylic acids is 1. The second kappa shape index (κ2) is 5.33. The largest absolute Gasteiger partial charge is 0.482 e. The van der Waals surface area contributed by atoms with Crippen LogP contribution in [-0.2, 0) is 4.79 Å². The van der Waals surface area contributed by atoms with Crippen molar-refractivity contribution in [2.45, 2.75) is 6.04 Å². The van der Waals surface area contributed by atoms with Gasteiger partial charge in [-0.15, -0.1) is 0 Å². The van der Waals surface area contributed by atoms with Crippen molar-refractivity contribution in [3.63, 3.8) is 0 Å². The van der Waals surface area contributed by atoms with Crippen LogP contribution < -0.4 is 16.2 Å². The highest BCUT2D eigenvalue weighted by Gasteiger charge is 2.10. The predicted octanol–water partition coefficient (Wildman–Crippen LogP) is 0.108. The van der Waals surface area contributed by atoms with Gasteiger partial charge < -0.3 is 21.3 Å². The first kappa shape index (κ1) is 11.5. The highest BCUT2D eigenvalue weighted by molar-refractivity contribution is 5.68. The van der Waals surface area contributed by atoms with Gasteiger partial charge in [0.05, 0.1) is 0 Å². The maximum atomic E-state index is 10.3. The summed E-state index contributed by atoms with van der Waals surface area (Å²) < 4.78 is 5.09. The fourth-order valence-corrected chi connectivity index (χ4v) is 1.18. The smallest absolute Gasteiger partial charge is 0.341 e. The molecule has 15 heavy (non-hydrogen) atoms. The van der Waals surface area contributed by atoms with Crippen LogP contribution in [0.1, 0.15) is 11.6 Å². The third-order valence-electron chi connectivity index (χ3n) is 1.92. The number of benzene rings is 1. The van der Waals surface area contributed by atoms with Crippen molar-refractivity contribution in [1.82, 2.24) is 0 Å². The summed E-state index contributed by atoms with van der Waals surface area (Å²) in [5.41, 5.74) is 11.9. The zero-order valence-corrected chi connectivity index (χ0v) is 8.22. The molecule has 0 radical (unpaired) electrons.